The summed E-state index contributed by atoms with van der Waals surface area (Å²) in [7, 11) is 2.18. The van der Waals surface area contributed by atoms with E-state index in [0.29, 0.717) is 5.95 Å². The van der Waals surface area contributed by atoms with E-state index in [1.807, 2.05) is 13.1 Å². The number of anilines is 3. The van der Waals surface area contributed by atoms with Gasteiger partial charge in [0.15, 0.2) is 5.76 Å². The fourth-order valence-electron chi connectivity index (χ4n) is 5.19. The van der Waals surface area contributed by atoms with E-state index in [-0.39, 0.29) is 0 Å². The molecule has 2 aliphatic heterocycles. The number of likely N-dealkylation sites (N-methyl/N-ethyl adjacent to an activating group) is 1. The Morgan fingerprint density at radius 3 is 2.51 bits per heavy atom. The number of fused-ring (bicyclic) bond motifs is 1. The van der Waals surface area contributed by atoms with Crippen LogP contribution in [0.25, 0.3) is 11.5 Å². The molecule has 190 valence electrons. The summed E-state index contributed by atoms with van der Waals surface area (Å²) in [6.45, 7) is 9.19. The van der Waals surface area contributed by atoms with Crippen molar-refractivity contribution in [2.75, 3.05) is 50.0 Å². The Bertz CT molecular complexity index is 1340. The van der Waals surface area contributed by atoms with Crippen LogP contribution in [0.3, 0.4) is 0 Å². The maximum Gasteiger partial charge on any atom is 0.227 e. The normalized spacial score (nSPS) is 16.5. The van der Waals surface area contributed by atoms with E-state index >= 15 is 0 Å². The zero-order valence-electron chi connectivity index (χ0n) is 21.7. The number of hydrogen-bond donors (Lipinski definition) is 1. The largest absolute Gasteiger partial charge is 0.459 e. The smallest absolute Gasteiger partial charge is 0.227 e. The lowest BCUT2D eigenvalue weighted by atomic mass is 10.1. The summed E-state index contributed by atoms with van der Waals surface area (Å²) >= 11 is 0. The van der Waals surface area contributed by atoms with Gasteiger partial charge in [0.05, 0.1) is 0 Å². The molecule has 2 aromatic heterocycles. The number of aromatic nitrogens is 2. The molecular formula is C30H34N6O. The molecule has 2 aliphatic rings. The Labute approximate surface area is 218 Å². The van der Waals surface area contributed by atoms with Crippen molar-refractivity contribution >= 4 is 17.3 Å². The summed E-state index contributed by atoms with van der Waals surface area (Å²) in [5.41, 5.74) is 6.67. The van der Waals surface area contributed by atoms with Crippen molar-refractivity contribution in [2.45, 2.75) is 26.4 Å². The number of rotatable bonds is 6. The van der Waals surface area contributed by atoms with Crippen LogP contribution in [0.4, 0.5) is 17.3 Å². The number of furan rings is 1. The van der Waals surface area contributed by atoms with Gasteiger partial charge in [-0.15, -0.1) is 0 Å². The van der Waals surface area contributed by atoms with E-state index in [0.717, 1.165) is 80.7 Å². The third-order valence-electron chi connectivity index (χ3n) is 7.39. The lowest BCUT2D eigenvalue weighted by molar-refractivity contribution is 0.234. The zero-order valence-corrected chi connectivity index (χ0v) is 21.7. The molecule has 0 saturated carbocycles. The molecule has 0 radical (unpaired) electrons. The molecule has 0 unspecified atom stereocenters. The van der Waals surface area contributed by atoms with Gasteiger partial charge in [-0.3, -0.25) is 4.90 Å². The van der Waals surface area contributed by atoms with Crippen LogP contribution in [0.1, 0.15) is 22.5 Å². The molecule has 4 aromatic rings. The molecule has 6 rings (SSSR count). The van der Waals surface area contributed by atoms with Gasteiger partial charge in [-0.1, -0.05) is 30.3 Å². The van der Waals surface area contributed by atoms with Crippen LogP contribution in [-0.4, -0.2) is 59.5 Å². The first-order valence-electron chi connectivity index (χ1n) is 13.1. The summed E-state index contributed by atoms with van der Waals surface area (Å²) in [4.78, 5) is 16.7. The van der Waals surface area contributed by atoms with Gasteiger partial charge in [0.25, 0.3) is 0 Å². The second-order valence-corrected chi connectivity index (χ2v) is 10.2. The molecule has 7 nitrogen and oxygen atoms in total. The maximum atomic E-state index is 6.31. The van der Waals surface area contributed by atoms with E-state index in [1.54, 1.807) is 0 Å². The second kappa shape index (κ2) is 10.4. The van der Waals surface area contributed by atoms with Crippen LogP contribution in [0.2, 0.25) is 0 Å². The molecule has 0 aliphatic carbocycles. The van der Waals surface area contributed by atoms with Crippen molar-refractivity contribution in [2.24, 2.45) is 0 Å². The molecule has 7 heteroatoms. The van der Waals surface area contributed by atoms with Gasteiger partial charge >= 0.3 is 0 Å². The lowest BCUT2D eigenvalue weighted by Gasteiger charge is -2.34. The first-order valence-corrected chi connectivity index (χ1v) is 13.1. The SMILES string of the molecule is Cc1cnc(Nc2ccc(N3CCN(C)CC3)cc2)nc1-c1cc2c(o1)CCN(Cc1ccccc1)C2. The quantitative estimate of drug-likeness (QED) is 0.400. The summed E-state index contributed by atoms with van der Waals surface area (Å²) in [6.07, 6.45) is 2.78. The molecular weight excluding hydrogens is 460 g/mol. The average molecular weight is 495 g/mol. The average Bonchev–Trinajstić information content (AvgIpc) is 3.35. The number of nitrogens with zero attached hydrogens (tertiary/aromatic N) is 5. The summed E-state index contributed by atoms with van der Waals surface area (Å²) in [5.74, 6) is 2.47. The third kappa shape index (κ3) is 5.38. The predicted molar refractivity (Wildman–Crippen MR) is 148 cm³/mol. The third-order valence-corrected chi connectivity index (χ3v) is 7.39. The van der Waals surface area contributed by atoms with Gasteiger partial charge < -0.3 is 19.5 Å². The van der Waals surface area contributed by atoms with Gasteiger partial charge in [0, 0.05) is 75.4 Å². The highest BCUT2D eigenvalue weighted by atomic mass is 16.3. The first kappa shape index (κ1) is 23.7. The van der Waals surface area contributed by atoms with Crippen molar-refractivity contribution in [3.05, 3.63) is 89.3 Å². The summed E-state index contributed by atoms with van der Waals surface area (Å²) in [5, 5.41) is 3.38. The highest BCUT2D eigenvalue weighted by Crippen LogP contribution is 2.31. The maximum absolute atomic E-state index is 6.31. The van der Waals surface area contributed by atoms with Crippen LogP contribution in [0, 0.1) is 6.92 Å². The standard InChI is InChI=1S/C30H34N6O/c1-22-19-31-30(32-25-8-10-26(11-9-25)36-16-14-34(2)15-17-36)33-29(22)28-18-24-21-35(13-12-27(24)37-28)20-23-6-4-3-5-7-23/h3-11,18-19H,12-17,20-21H2,1-2H3,(H,31,32,33). The second-order valence-electron chi connectivity index (χ2n) is 10.2. The van der Waals surface area contributed by atoms with Crippen molar-refractivity contribution in [1.29, 1.82) is 0 Å². The van der Waals surface area contributed by atoms with E-state index in [4.69, 9.17) is 9.40 Å². The molecule has 0 spiro atoms. The number of aryl methyl sites for hydroxylation is 1. The molecule has 0 bridgehead atoms. The minimum Gasteiger partial charge on any atom is -0.459 e. The molecule has 1 saturated heterocycles. The molecule has 37 heavy (non-hydrogen) atoms. The molecule has 1 N–H and O–H groups in total. The zero-order chi connectivity index (χ0) is 25.2. The Balaban J connectivity index is 1.15. The number of benzene rings is 2. The summed E-state index contributed by atoms with van der Waals surface area (Å²) in [6, 6.07) is 21.4. The Hall–Kier alpha value is -3.68. The first-order chi connectivity index (χ1) is 18.1. The molecule has 1 fully saturated rings. The fourth-order valence-corrected chi connectivity index (χ4v) is 5.19. The predicted octanol–water partition coefficient (Wildman–Crippen LogP) is 5.10. The molecule has 0 amide bonds. The van der Waals surface area contributed by atoms with E-state index in [2.05, 4.69) is 92.7 Å². The van der Waals surface area contributed by atoms with Gasteiger partial charge in [0.2, 0.25) is 5.95 Å². The van der Waals surface area contributed by atoms with E-state index in [9.17, 15) is 0 Å². The van der Waals surface area contributed by atoms with Crippen molar-refractivity contribution < 1.29 is 4.42 Å². The lowest BCUT2D eigenvalue weighted by Crippen LogP contribution is -2.44. The van der Waals surface area contributed by atoms with Crippen LogP contribution >= 0.6 is 0 Å². The Kier molecular flexibility index (Phi) is 6.64. The van der Waals surface area contributed by atoms with Gasteiger partial charge in [-0.2, -0.15) is 0 Å². The molecule has 2 aromatic carbocycles. The van der Waals surface area contributed by atoms with Crippen LogP contribution < -0.4 is 10.2 Å². The monoisotopic (exact) mass is 494 g/mol. The molecule has 0 atom stereocenters. The van der Waals surface area contributed by atoms with Gasteiger partial charge in [-0.25, -0.2) is 9.97 Å². The minimum atomic E-state index is 0.577. The van der Waals surface area contributed by atoms with E-state index in [1.165, 1.54) is 16.8 Å². The highest BCUT2D eigenvalue weighted by Gasteiger charge is 2.23. The number of hydrogen-bond acceptors (Lipinski definition) is 7. The summed E-state index contributed by atoms with van der Waals surface area (Å²) < 4.78 is 6.31. The number of nitrogens with one attached hydrogen (secondary N) is 1. The Morgan fingerprint density at radius 1 is 0.946 bits per heavy atom. The molecule has 4 heterocycles. The van der Waals surface area contributed by atoms with Crippen molar-refractivity contribution in [1.82, 2.24) is 19.8 Å². The minimum absolute atomic E-state index is 0.577. The Morgan fingerprint density at radius 2 is 1.73 bits per heavy atom. The fraction of sp³-hybridized carbons (Fsp3) is 0.333. The van der Waals surface area contributed by atoms with Crippen molar-refractivity contribution in [3.8, 4) is 11.5 Å². The van der Waals surface area contributed by atoms with Crippen LogP contribution in [0.15, 0.2) is 71.3 Å². The van der Waals surface area contributed by atoms with E-state index < -0.39 is 0 Å². The number of piperazine rings is 1. The van der Waals surface area contributed by atoms with Crippen LogP contribution in [0.5, 0.6) is 0 Å². The van der Waals surface area contributed by atoms with Gasteiger partial charge in [0.1, 0.15) is 11.5 Å². The highest BCUT2D eigenvalue weighted by molar-refractivity contribution is 5.63. The van der Waals surface area contributed by atoms with Gasteiger partial charge in [-0.05, 0) is 55.4 Å². The van der Waals surface area contributed by atoms with Crippen molar-refractivity contribution in [3.63, 3.8) is 0 Å². The van der Waals surface area contributed by atoms with Crippen LogP contribution in [-0.2, 0) is 19.5 Å². The topological polar surface area (TPSA) is 60.7 Å².